The number of anilines is 1. The highest BCUT2D eigenvalue weighted by atomic mass is 16.3. The number of likely N-dealkylation sites (tertiary alicyclic amines) is 1. The minimum absolute atomic E-state index is 0.201. The van der Waals surface area contributed by atoms with Crippen molar-refractivity contribution in [1.82, 2.24) is 10.2 Å². The van der Waals surface area contributed by atoms with Crippen LogP contribution in [0.25, 0.3) is 0 Å². The van der Waals surface area contributed by atoms with Crippen LogP contribution in [-0.4, -0.2) is 42.2 Å². The standard InChI is InChI=1S/C15H23N3O2/c1-11(19)12-5-3-6-13(9-12)17-15(20)16-10-14-7-4-8-18(14)2/h3,5-6,9,11,14,19H,4,7-8,10H2,1-2H3,(H2,16,17,20). The number of rotatable bonds is 4. The molecule has 0 bridgehead atoms. The molecule has 1 heterocycles. The van der Waals surface area contributed by atoms with Gasteiger partial charge in [0, 0.05) is 18.3 Å². The first-order valence-electron chi connectivity index (χ1n) is 7.09. The minimum atomic E-state index is -0.535. The maximum atomic E-state index is 11.9. The Labute approximate surface area is 120 Å². The molecule has 2 unspecified atom stereocenters. The molecule has 0 aliphatic carbocycles. The summed E-state index contributed by atoms with van der Waals surface area (Å²) in [4.78, 5) is 14.1. The topological polar surface area (TPSA) is 64.6 Å². The quantitative estimate of drug-likeness (QED) is 0.788. The molecule has 110 valence electrons. The fourth-order valence-electron chi connectivity index (χ4n) is 2.50. The number of carbonyl (C=O) groups excluding carboxylic acids is 1. The third-order valence-corrected chi connectivity index (χ3v) is 3.80. The zero-order chi connectivity index (χ0) is 14.5. The molecule has 0 radical (unpaired) electrons. The van der Waals surface area contributed by atoms with Crippen LogP contribution in [0.2, 0.25) is 0 Å². The Bertz CT molecular complexity index is 462. The van der Waals surface area contributed by atoms with Crippen LogP contribution >= 0.6 is 0 Å². The van der Waals surface area contributed by atoms with Crippen molar-refractivity contribution >= 4 is 11.7 Å². The average Bonchev–Trinajstić information content (AvgIpc) is 2.82. The van der Waals surface area contributed by atoms with Gasteiger partial charge in [0.2, 0.25) is 0 Å². The molecule has 1 saturated heterocycles. The predicted octanol–water partition coefficient (Wildman–Crippen LogP) is 1.96. The van der Waals surface area contributed by atoms with Gasteiger partial charge in [0.15, 0.2) is 0 Å². The van der Waals surface area contributed by atoms with E-state index in [-0.39, 0.29) is 6.03 Å². The molecule has 20 heavy (non-hydrogen) atoms. The van der Waals surface area contributed by atoms with E-state index in [2.05, 4.69) is 22.6 Å². The summed E-state index contributed by atoms with van der Waals surface area (Å²) >= 11 is 0. The van der Waals surface area contributed by atoms with Crippen molar-refractivity contribution in [1.29, 1.82) is 0 Å². The van der Waals surface area contributed by atoms with E-state index in [1.165, 1.54) is 6.42 Å². The molecule has 0 aromatic heterocycles. The summed E-state index contributed by atoms with van der Waals surface area (Å²) in [5.41, 5.74) is 1.49. The summed E-state index contributed by atoms with van der Waals surface area (Å²) in [6.07, 6.45) is 1.79. The molecule has 0 saturated carbocycles. The summed E-state index contributed by atoms with van der Waals surface area (Å²) in [6, 6.07) is 7.49. The summed E-state index contributed by atoms with van der Waals surface area (Å²) in [5, 5.41) is 15.2. The molecule has 1 aromatic rings. The smallest absolute Gasteiger partial charge is 0.319 e. The molecular weight excluding hydrogens is 254 g/mol. The number of urea groups is 1. The summed E-state index contributed by atoms with van der Waals surface area (Å²) in [5.74, 6) is 0. The van der Waals surface area contributed by atoms with Crippen LogP contribution in [0.15, 0.2) is 24.3 Å². The summed E-state index contributed by atoms with van der Waals surface area (Å²) < 4.78 is 0. The largest absolute Gasteiger partial charge is 0.389 e. The zero-order valence-corrected chi connectivity index (χ0v) is 12.1. The van der Waals surface area contributed by atoms with E-state index in [9.17, 15) is 9.90 Å². The van der Waals surface area contributed by atoms with Gasteiger partial charge in [0.25, 0.3) is 0 Å². The monoisotopic (exact) mass is 277 g/mol. The first-order valence-corrected chi connectivity index (χ1v) is 7.09. The van der Waals surface area contributed by atoms with Gasteiger partial charge in [-0.25, -0.2) is 4.79 Å². The number of hydrogen-bond acceptors (Lipinski definition) is 3. The van der Waals surface area contributed by atoms with Crippen molar-refractivity contribution in [3.05, 3.63) is 29.8 Å². The fourth-order valence-corrected chi connectivity index (χ4v) is 2.50. The third kappa shape index (κ3) is 3.95. The van der Waals surface area contributed by atoms with Crippen LogP contribution in [0.5, 0.6) is 0 Å². The minimum Gasteiger partial charge on any atom is -0.389 e. The van der Waals surface area contributed by atoms with Crippen molar-refractivity contribution < 1.29 is 9.90 Å². The van der Waals surface area contributed by atoms with Gasteiger partial charge in [-0.05, 0) is 51.1 Å². The number of amides is 2. The van der Waals surface area contributed by atoms with E-state index >= 15 is 0 Å². The zero-order valence-electron chi connectivity index (χ0n) is 12.1. The van der Waals surface area contributed by atoms with Gasteiger partial charge in [-0.1, -0.05) is 12.1 Å². The number of nitrogens with one attached hydrogen (secondary N) is 2. The molecule has 1 fully saturated rings. The van der Waals surface area contributed by atoms with Crippen molar-refractivity contribution in [2.45, 2.75) is 31.9 Å². The van der Waals surface area contributed by atoms with Gasteiger partial charge in [0.05, 0.1) is 6.10 Å². The third-order valence-electron chi connectivity index (χ3n) is 3.80. The number of likely N-dealkylation sites (N-methyl/N-ethyl adjacent to an activating group) is 1. The Morgan fingerprint density at radius 3 is 3.00 bits per heavy atom. The molecule has 2 atom stereocenters. The lowest BCUT2D eigenvalue weighted by atomic mass is 10.1. The number of hydrogen-bond donors (Lipinski definition) is 3. The normalized spacial score (nSPS) is 20.6. The van der Waals surface area contributed by atoms with Gasteiger partial charge in [-0.15, -0.1) is 0 Å². The highest BCUT2D eigenvalue weighted by Gasteiger charge is 2.20. The van der Waals surface area contributed by atoms with Crippen molar-refractivity contribution in [2.75, 3.05) is 25.5 Å². The maximum absolute atomic E-state index is 11.9. The lowest BCUT2D eigenvalue weighted by Gasteiger charge is -2.19. The van der Waals surface area contributed by atoms with E-state index < -0.39 is 6.10 Å². The van der Waals surface area contributed by atoms with Gasteiger partial charge in [-0.2, -0.15) is 0 Å². The number of aliphatic hydroxyl groups excluding tert-OH is 1. The highest BCUT2D eigenvalue weighted by Crippen LogP contribution is 2.17. The molecule has 5 heteroatoms. The second-order valence-corrected chi connectivity index (χ2v) is 5.41. The average molecular weight is 277 g/mol. The first kappa shape index (κ1) is 14.8. The predicted molar refractivity (Wildman–Crippen MR) is 79.7 cm³/mol. The Morgan fingerprint density at radius 2 is 2.35 bits per heavy atom. The Hall–Kier alpha value is -1.59. The van der Waals surface area contributed by atoms with Gasteiger partial charge in [-0.3, -0.25) is 0 Å². The summed E-state index contributed by atoms with van der Waals surface area (Å²) in [7, 11) is 2.09. The number of aliphatic hydroxyl groups is 1. The van der Waals surface area contributed by atoms with Crippen LogP contribution in [-0.2, 0) is 0 Å². The van der Waals surface area contributed by atoms with Crippen LogP contribution in [0.1, 0.15) is 31.4 Å². The van der Waals surface area contributed by atoms with Crippen LogP contribution in [0, 0.1) is 0 Å². The molecule has 1 aliphatic heterocycles. The lowest BCUT2D eigenvalue weighted by Crippen LogP contribution is -2.40. The van der Waals surface area contributed by atoms with Gasteiger partial charge in [0.1, 0.15) is 0 Å². The Morgan fingerprint density at radius 1 is 1.55 bits per heavy atom. The van der Waals surface area contributed by atoms with Crippen LogP contribution < -0.4 is 10.6 Å². The van der Waals surface area contributed by atoms with Crippen LogP contribution in [0.4, 0.5) is 10.5 Å². The SMILES string of the molecule is CC(O)c1cccc(NC(=O)NCC2CCCN2C)c1. The molecule has 1 aliphatic rings. The van der Waals surface area contributed by atoms with E-state index in [0.29, 0.717) is 18.3 Å². The summed E-state index contributed by atoms with van der Waals surface area (Å²) in [6.45, 7) is 3.47. The van der Waals surface area contributed by atoms with Crippen LogP contribution in [0.3, 0.4) is 0 Å². The van der Waals surface area contributed by atoms with Crippen molar-refractivity contribution in [2.24, 2.45) is 0 Å². The van der Waals surface area contributed by atoms with E-state index in [0.717, 1.165) is 18.5 Å². The second-order valence-electron chi connectivity index (χ2n) is 5.41. The first-order chi connectivity index (χ1) is 9.56. The van der Waals surface area contributed by atoms with E-state index in [1.54, 1.807) is 13.0 Å². The van der Waals surface area contributed by atoms with Crippen molar-refractivity contribution in [3.63, 3.8) is 0 Å². The van der Waals surface area contributed by atoms with E-state index in [4.69, 9.17) is 0 Å². The number of nitrogens with zero attached hydrogens (tertiary/aromatic N) is 1. The van der Waals surface area contributed by atoms with Gasteiger partial charge >= 0.3 is 6.03 Å². The molecule has 2 rings (SSSR count). The van der Waals surface area contributed by atoms with Gasteiger partial charge < -0.3 is 20.6 Å². The molecule has 1 aromatic carbocycles. The number of carbonyl (C=O) groups is 1. The Balaban J connectivity index is 1.83. The Kier molecular flexibility index (Phi) is 4.98. The molecule has 5 nitrogen and oxygen atoms in total. The number of benzene rings is 1. The molecular formula is C15H23N3O2. The maximum Gasteiger partial charge on any atom is 0.319 e. The molecule has 2 amide bonds. The van der Waals surface area contributed by atoms with E-state index in [1.807, 2.05) is 18.2 Å². The second kappa shape index (κ2) is 6.72. The highest BCUT2D eigenvalue weighted by molar-refractivity contribution is 5.89. The molecule has 0 spiro atoms. The molecule has 3 N–H and O–H groups in total. The van der Waals surface area contributed by atoms with Crippen molar-refractivity contribution in [3.8, 4) is 0 Å². The lowest BCUT2D eigenvalue weighted by molar-refractivity contribution is 0.199. The fraction of sp³-hybridized carbons (Fsp3) is 0.533.